The lowest BCUT2D eigenvalue weighted by molar-refractivity contribution is -0.127. The Morgan fingerprint density at radius 3 is 2.76 bits per heavy atom. The number of hydrogen-bond acceptors (Lipinski definition) is 5. The molecule has 2 aliphatic rings. The van der Waals surface area contributed by atoms with E-state index in [1.54, 1.807) is 11.1 Å². The number of aliphatic hydroxyl groups excluding tert-OH is 1. The molecule has 0 aromatic rings. The molecular weight excluding hydrogens is 268 g/mol. The quantitative estimate of drug-likeness (QED) is 0.566. The molecule has 2 N–H and O–H groups in total. The van der Waals surface area contributed by atoms with Crippen LogP contribution in [-0.2, 0) is 4.79 Å². The predicted octanol–water partition coefficient (Wildman–Crippen LogP) is 0.0626. The van der Waals surface area contributed by atoms with Crippen LogP contribution >= 0.6 is 0 Å². The third-order valence-electron chi connectivity index (χ3n) is 4.18. The van der Waals surface area contributed by atoms with Crippen LogP contribution in [0.15, 0.2) is 11.8 Å². The maximum absolute atomic E-state index is 12.4. The number of carbonyl (C=O) groups excluding carboxylic acids is 1. The Morgan fingerprint density at radius 1 is 1.33 bits per heavy atom. The van der Waals surface area contributed by atoms with Crippen LogP contribution in [0.5, 0.6) is 0 Å². The molecule has 0 saturated carbocycles. The molecular formula is C15H24N4O2. The summed E-state index contributed by atoms with van der Waals surface area (Å²) < 4.78 is 0. The average Bonchev–Trinajstić information content (AvgIpc) is 2.54. The number of piperidine rings is 1. The smallest absolute Gasteiger partial charge is 0.266 e. The van der Waals surface area contributed by atoms with Gasteiger partial charge in [-0.05, 0) is 25.7 Å². The first-order valence-electron chi connectivity index (χ1n) is 7.74. The largest absolute Gasteiger partial charge is 0.396 e. The van der Waals surface area contributed by atoms with Gasteiger partial charge in [0.05, 0.1) is 0 Å². The molecule has 1 unspecified atom stereocenters. The summed E-state index contributed by atoms with van der Waals surface area (Å²) in [5.41, 5.74) is 0.210. The maximum Gasteiger partial charge on any atom is 0.266 e. The Bertz CT molecular complexity index is 422. The van der Waals surface area contributed by atoms with Gasteiger partial charge in [-0.1, -0.05) is 0 Å². The van der Waals surface area contributed by atoms with Crippen LogP contribution in [0.3, 0.4) is 0 Å². The Kier molecular flexibility index (Phi) is 6.03. The molecule has 2 saturated heterocycles. The van der Waals surface area contributed by atoms with Gasteiger partial charge >= 0.3 is 0 Å². The molecule has 0 spiro atoms. The van der Waals surface area contributed by atoms with Gasteiger partial charge < -0.3 is 20.2 Å². The normalized spacial score (nSPS) is 23.8. The highest BCUT2D eigenvalue weighted by Crippen LogP contribution is 2.21. The molecule has 6 heteroatoms. The summed E-state index contributed by atoms with van der Waals surface area (Å²) in [5, 5.41) is 21.7. The molecule has 1 amide bonds. The minimum Gasteiger partial charge on any atom is -0.396 e. The Balaban J connectivity index is 2.07. The second-order valence-corrected chi connectivity index (χ2v) is 5.60. The SMILES string of the molecule is N#C/C(=C/N1CCCCC1CCO)C(=O)N1CCNCC1. The van der Waals surface area contributed by atoms with Crippen molar-refractivity contribution in [1.29, 1.82) is 5.26 Å². The van der Waals surface area contributed by atoms with Crippen molar-refractivity contribution in [2.24, 2.45) is 0 Å². The molecule has 0 aromatic heterocycles. The van der Waals surface area contributed by atoms with Crippen LogP contribution in [0.1, 0.15) is 25.7 Å². The van der Waals surface area contributed by atoms with Gasteiger partial charge in [0.15, 0.2) is 0 Å². The van der Waals surface area contributed by atoms with Crippen LogP contribution in [-0.4, -0.2) is 66.2 Å². The van der Waals surface area contributed by atoms with Crippen LogP contribution in [0, 0.1) is 11.3 Å². The topological polar surface area (TPSA) is 79.6 Å². The molecule has 0 bridgehead atoms. The highest BCUT2D eigenvalue weighted by atomic mass is 16.3. The second-order valence-electron chi connectivity index (χ2n) is 5.60. The minimum absolute atomic E-state index is 0.142. The molecule has 2 fully saturated rings. The number of nitriles is 1. The summed E-state index contributed by atoms with van der Waals surface area (Å²) in [6, 6.07) is 2.29. The number of aliphatic hydroxyl groups is 1. The van der Waals surface area contributed by atoms with E-state index in [2.05, 4.69) is 16.3 Å². The standard InChI is InChI=1S/C15H24N4O2/c16-11-13(15(21)18-8-5-17-6-9-18)12-19-7-2-1-3-14(19)4-10-20/h12,14,17,20H,1-10H2/b13-12-. The first-order chi connectivity index (χ1) is 10.3. The van der Waals surface area contributed by atoms with Gasteiger partial charge in [0.2, 0.25) is 0 Å². The van der Waals surface area contributed by atoms with Crippen molar-refractivity contribution >= 4 is 5.91 Å². The molecule has 116 valence electrons. The van der Waals surface area contributed by atoms with E-state index >= 15 is 0 Å². The van der Waals surface area contributed by atoms with Crippen LogP contribution in [0.4, 0.5) is 0 Å². The van der Waals surface area contributed by atoms with E-state index in [4.69, 9.17) is 5.11 Å². The molecule has 6 nitrogen and oxygen atoms in total. The lowest BCUT2D eigenvalue weighted by Gasteiger charge is -2.35. The molecule has 21 heavy (non-hydrogen) atoms. The van der Waals surface area contributed by atoms with Crippen molar-refractivity contribution in [1.82, 2.24) is 15.1 Å². The summed E-state index contributed by atoms with van der Waals surface area (Å²) in [6.45, 7) is 3.85. The van der Waals surface area contributed by atoms with Crippen LogP contribution < -0.4 is 5.32 Å². The Morgan fingerprint density at radius 2 is 2.10 bits per heavy atom. The van der Waals surface area contributed by atoms with Gasteiger partial charge in [-0.3, -0.25) is 4.79 Å². The summed E-state index contributed by atoms with van der Waals surface area (Å²) in [6.07, 6.45) is 5.63. The summed E-state index contributed by atoms with van der Waals surface area (Å²) in [5.74, 6) is -0.174. The van der Waals surface area contributed by atoms with Gasteiger partial charge in [0.25, 0.3) is 5.91 Å². The van der Waals surface area contributed by atoms with Crippen LogP contribution in [0.25, 0.3) is 0 Å². The third-order valence-corrected chi connectivity index (χ3v) is 4.18. The summed E-state index contributed by atoms with van der Waals surface area (Å²) in [4.78, 5) is 16.2. The summed E-state index contributed by atoms with van der Waals surface area (Å²) in [7, 11) is 0. The number of carbonyl (C=O) groups is 1. The van der Waals surface area contributed by atoms with Gasteiger partial charge in [-0.2, -0.15) is 5.26 Å². The van der Waals surface area contributed by atoms with E-state index in [1.165, 1.54) is 0 Å². The average molecular weight is 292 g/mol. The van der Waals surface area contributed by atoms with Gasteiger partial charge in [-0.15, -0.1) is 0 Å². The fourth-order valence-electron chi connectivity index (χ4n) is 2.99. The minimum atomic E-state index is -0.174. The highest BCUT2D eigenvalue weighted by Gasteiger charge is 2.24. The van der Waals surface area contributed by atoms with Crippen LogP contribution in [0.2, 0.25) is 0 Å². The highest BCUT2D eigenvalue weighted by molar-refractivity contribution is 5.97. The van der Waals surface area contributed by atoms with Crippen molar-refractivity contribution in [2.45, 2.75) is 31.7 Å². The number of hydrogen-bond donors (Lipinski definition) is 2. The fourth-order valence-corrected chi connectivity index (χ4v) is 2.99. The lowest BCUT2D eigenvalue weighted by Crippen LogP contribution is -2.47. The van der Waals surface area contributed by atoms with E-state index in [9.17, 15) is 10.1 Å². The molecule has 2 rings (SSSR count). The first kappa shape index (κ1) is 15.8. The fraction of sp³-hybridized carbons (Fsp3) is 0.733. The Hall–Kier alpha value is -1.58. The third kappa shape index (κ3) is 4.19. The van der Waals surface area contributed by atoms with E-state index in [1.807, 2.05) is 0 Å². The van der Waals surface area contributed by atoms with Gasteiger partial charge in [0.1, 0.15) is 11.6 Å². The second kappa shape index (κ2) is 8.01. The molecule has 0 aliphatic carbocycles. The maximum atomic E-state index is 12.4. The predicted molar refractivity (Wildman–Crippen MR) is 79.2 cm³/mol. The number of nitrogens with zero attached hydrogens (tertiary/aromatic N) is 3. The number of likely N-dealkylation sites (tertiary alicyclic amines) is 1. The number of nitrogens with one attached hydrogen (secondary N) is 1. The zero-order valence-electron chi connectivity index (χ0n) is 12.4. The van der Waals surface area contributed by atoms with E-state index in [-0.39, 0.29) is 24.1 Å². The number of piperazine rings is 1. The zero-order valence-corrected chi connectivity index (χ0v) is 12.4. The molecule has 0 radical (unpaired) electrons. The van der Waals surface area contributed by atoms with Gasteiger partial charge in [-0.25, -0.2) is 0 Å². The molecule has 2 heterocycles. The van der Waals surface area contributed by atoms with E-state index < -0.39 is 0 Å². The number of amides is 1. The molecule has 1 atom stereocenters. The van der Waals surface area contributed by atoms with E-state index in [0.29, 0.717) is 19.5 Å². The molecule has 2 aliphatic heterocycles. The lowest BCUT2D eigenvalue weighted by atomic mass is 10.00. The van der Waals surface area contributed by atoms with Crippen molar-refractivity contribution in [3.8, 4) is 6.07 Å². The van der Waals surface area contributed by atoms with Crippen molar-refractivity contribution < 1.29 is 9.90 Å². The van der Waals surface area contributed by atoms with Gasteiger partial charge in [0, 0.05) is 51.6 Å². The zero-order chi connectivity index (χ0) is 15.1. The van der Waals surface area contributed by atoms with Crippen molar-refractivity contribution in [3.63, 3.8) is 0 Å². The summed E-state index contributed by atoms with van der Waals surface area (Å²) >= 11 is 0. The van der Waals surface area contributed by atoms with Crippen molar-refractivity contribution in [2.75, 3.05) is 39.3 Å². The van der Waals surface area contributed by atoms with E-state index in [0.717, 1.165) is 38.9 Å². The molecule has 0 aromatic carbocycles. The first-order valence-corrected chi connectivity index (χ1v) is 7.74. The monoisotopic (exact) mass is 292 g/mol. The Labute approximate surface area is 126 Å². The van der Waals surface area contributed by atoms with Crippen molar-refractivity contribution in [3.05, 3.63) is 11.8 Å². The number of rotatable bonds is 4.